The Kier molecular flexibility index (Phi) is 9.81. The van der Waals surface area contributed by atoms with Gasteiger partial charge in [0.2, 0.25) is 0 Å². The van der Waals surface area contributed by atoms with Gasteiger partial charge in [-0.05, 0) is 32.3 Å². The Labute approximate surface area is 250 Å². The van der Waals surface area contributed by atoms with Gasteiger partial charge in [-0.3, -0.25) is 9.69 Å². The van der Waals surface area contributed by atoms with Crippen molar-refractivity contribution in [3.8, 4) is 5.75 Å². The fourth-order valence-electron chi connectivity index (χ4n) is 4.95. The van der Waals surface area contributed by atoms with Crippen LogP contribution in [0.15, 0.2) is 36.4 Å². The normalized spacial score (nSPS) is 17.3. The van der Waals surface area contributed by atoms with E-state index in [0.717, 1.165) is 4.90 Å². The third kappa shape index (κ3) is 7.46. The van der Waals surface area contributed by atoms with Crippen LogP contribution in [0.1, 0.15) is 45.7 Å². The van der Waals surface area contributed by atoms with Crippen LogP contribution in [-0.2, 0) is 32.8 Å². The number of rotatable bonds is 8. The molecule has 2 aliphatic rings. The number of fused-ring (bicyclic) bond motifs is 1. The maximum Gasteiger partial charge on any atom is 0.412 e. The molecule has 1 atom stereocenters. The Balaban J connectivity index is 0.00000506. The lowest BCUT2D eigenvalue weighted by Crippen LogP contribution is -2.48. The third-order valence-electron chi connectivity index (χ3n) is 6.53. The van der Waals surface area contributed by atoms with E-state index < -0.39 is 58.0 Å². The van der Waals surface area contributed by atoms with E-state index >= 15 is 4.39 Å². The zero-order chi connectivity index (χ0) is 31.0. The second-order valence-corrected chi connectivity index (χ2v) is 13.2. The molecule has 15 heteroatoms. The van der Waals surface area contributed by atoms with Gasteiger partial charge in [-0.1, -0.05) is 44.2 Å². The Hall–Kier alpha value is -4.11. The number of benzene rings is 2. The molecular formula is C28H38FN5O8S. The highest BCUT2D eigenvalue weighted by molar-refractivity contribution is 7.92. The van der Waals surface area contributed by atoms with Crippen LogP contribution in [0.3, 0.4) is 0 Å². The highest BCUT2D eigenvalue weighted by Crippen LogP contribution is 2.45. The fourth-order valence-corrected chi connectivity index (χ4v) is 6.11. The monoisotopic (exact) mass is 623 g/mol. The van der Waals surface area contributed by atoms with Crippen molar-refractivity contribution in [1.82, 2.24) is 15.8 Å². The van der Waals surface area contributed by atoms with E-state index in [2.05, 4.69) is 0 Å². The zero-order valence-corrected chi connectivity index (χ0v) is 25.6. The van der Waals surface area contributed by atoms with E-state index in [1.165, 1.54) is 11.0 Å². The molecular weight excluding hydrogens is 585 g/mol. The molecule has 0 bridgehead atoms. The van der Waals surface area contributed by atoms with Crippen molar-refractivity contribution in [2.75, 3.05) is 28.8 Å². The third-order valence-corrected chi connectivity index (χ3v) is 7.91. The van der Waals surface area contributed by atoms with Gasteiger partial charge in [0.15, 0.2) is 5.82 Å². The van der Waals surface area contributed by atoms with Crippen molar-refractivity contribution in [2.45, 2.75) is 59.3 Å². The molecule has 1 saturated heterocycles. The van der Waals surface area contributed by atoms with Crippen LogP contribution < -0.4 is 24.8 Å². The lowest BCUT2D eigenvalue weighted by Gasteiger charge is -2.32. The van der Waals surface area contributed by atoms with Gasteiger partial charge in [0.05, 0.1) is 11.7 Å². The maximum absolute atomic E-state index is 16.4. The maximum atomic E-state index is 16.4. The summed E-state index contributed by atoms with van der Waals surface area (Å²) in [6, 6.07) is 9.18. The fraction of sp³-hybridized carbons (Fsp3) is 0.464. The second-order valence-electron chi connectivity index (χ2n) is 11.6. The Morgan fingerprint density at radius 1 is 1.21 bits per heavy atom. The number of hydrogen-bond donors (Lipinski definition) is 3. The summed E-state index contributed by atoms with van der Waals surface area (Å²) in [7, 11) is -4.42. The van der Waals surface area contributed by atoms with E-state index in [0.29, 0.717) is 9.87 Å². The highest BCUT2D eigenvalue weighted by Gasteiger charge is 2.44. The van der Waals surface area contributed by atoms with E-state index in [1.54, 1.807) is 51.1 Å². The molecule has 1 fully saturated rings. The van der Waals surface area contributed by atoms with Gasteiger partial charge in [0.25, 0.3) is 5.91 Å². The minimum absolute atomic E-state index is 0. The summed E-state index contributed by atoms with van der Waals surface area (Å²) in [5, 5.41) is 10.2. The number of carbonyl (C=O) groups is 3. The molecule has 13 nitrogen and oxygen atoms in total. The summed E-state index contributed by atoms with van der Waals surface area (Å²) >= 11 is 0. The average Bonchev–Trinajstić information content (AvgIpc) is 3.36. The van der Waals surface area contributed by atoms with Gasteiger partial charge in [-0.2, -0.15) is 8.42 Å². The van der Waals surface area contributed by atoms with Crippen molar-refractivity contribution in [2.24, 2.45) is 5.92 Å². The quantitative estimate of drug-likeness (QED) is 0.391. The number of nitrogens with one attached hydrogen (secondary N) is 1. The van der Waals surface area contributed by atoms with Gasteiger partial charge in [0.1, 0.15) is 30.2 Å². The van der Waals surface area contributed by atoms with Crippen LogP contribution in [-0.4, -0.2) is 67.8 Å². The molecule has 0 unspecified atom stereocenters. The van der Waals surface area contributed by atoms with E-state index in [9.17, 15) is 27.9 Å². The smallest absolute Gasteiger partial charge is 0.412 e. The largest absolute Gasteiger partial charge is 0.487 e. The molecule has 2 heterocycles. The highest BCUT2D eigenvalue weighted by atomic mass is 32.2. The summed E-state index contributed by atoms with van der Waals surface area (Å²) in [5.41, 5.74) is -0.720. The molecule has 4 rings (SSSR count). The molecule has 0 aliphatic carbocycles. The molecule has 2 aliphatic heterocycles. The molecule has 236 valence electrons. The average molecular weight is 624 g/mol. The number of halogens is 1. The lowest BCUT2D eigenvalue weighted by molar-refractivity contribution is -0.117. The number of carboxylic acid groups (broad SMARTS) is 1. The van der Waals surface area contributed by atoms with Crippen molar-refractivity contribution in [3.63, 3.8) is 0 Å². The summed E-state index contributed by atoms with van der Waals surface area (Å²) in [4.78, 5) is 39.9. The van der Waals surface area contributed by atoms with E-state index in [1.807, 2.05) is 18.6 Å². The van der Waals surface area contributed by atoms with Crippen LogP contribution in [0.2, 0.25) is 0 Å². The predicted molar refractivity (Wildman–Crippen MR) is 157 cm³/mol. The Bertz CT molecular complexity index is 1480. The van der Waals surface area contributed by atoms with Gasteiger partial charge in [0, 0.05) is 31.1 Å². The molecule has 0 aromatic heterocycles. The number of ether oxygens (including phenoxy) is 2. The number of nitrogens with zero attached hydrogens (tertiary/aromatic N) is 3. The van der Waals surface area contributed by atoms with Crippen LogP contribution in [0.5, 0.6) is 5.75 Å². The summed E-state index contributed by atoms with van der Waals surface area (Å²) in [6.07, 6.45) is -2.19. The van der Waals surface area contributed by atoms with Gasteiger partial charge in [-0.25, -0.2) is 23.0 Å². The minimum Gasteiger partial charge on any atom is -0.487 e. The van der Waals surface area contributed by atoms with Crippen LogP contribution in [0.4, 0.5) is 25.4 Å². The van der Waals surface area contributed by atoms with Crippen LogP contribution in [0, 0.1) is 11.7 Å². The summed E-state index contributed by atoms with van der Waals surface area (Å²) in [6.45, 7) is 8.33. The van der Waals surface area contributed by atoms with Crippen molar-refractivity contribution in [1.29, 1.82) is 0 Å². The van der Waals surface area contributed by atoms with Crippen molar-refractivity contribution in [3.05, 3.63) is 53.3 Å². The molecule has 0 saturated carbocycles. The first-order valence-electron chi connectivity index (χ1n) is 13.4. The minimum atomic E-state index is -4.42. The SMILES string of the molecule is CC(C)CN(C[C@H]1Cc2c(cc(OCc3ccccc3)c(N3CC(=O)NS3(=O)=O)c2F)N1C(=O)O)C(=O)OC(C)(C)C.N. The molecule has 2 aromatic rings. The predicted octanol–water partition coefficient (Wildman–Crippen LogP) is 4.05. The van der Waals surface area contributed by atoms with Gasteiger partial charge >= 0.3 is 22.4 Å². The molecule has 3 amide bonds. The standard InChI is InChI=1S/C28H35FN4O8S.H3N/c1-17(2)13-31(27(37)41-28(3,4)5)14-19-11-20-21(33(19)26(35)36)12-22(40-16-18-9-7-6-8-10-18)25(24(20)29)32-15-23(34)30-42(32,38)39;/h6-10,12,17,19H,11,13-16H2,1-5H3,(H,30,34)(H,35,36);1H3/t19-;/m1./s1. The summed E-state index contributed by atoms with van der Waals surface area (Å²) in [5.74, 6) is -2.12. The Morgan fingerprint density at radius 3 is 2.40 bits per heavy atom. The van der Waals surface area contributed by atoms with Crippen molar-refractivity contribution >= 4 is 39.7 Å². The lowest BCUT2D eigenvalue weighted by atomic mass is 10.1. The molecule has 2 aromatic carbocycles. The molecule has 0 spiro atoms. The first kappa shape index (κ1) is 33.4. The molecule has 0 radical (unpaired) electrons. The Morgan fingerprint density at radius 2 is 1.86 bits per heavy atom. The number of anilines is 2. The number of carbonyl (C=O) groups excluding carboxylic acids is 2. The van der Waals surface area contributed by atoms with E-state index in [4.69, 9.17) is 9.47 Å². The summed E-state index contributed by atoms with van der Waals surface area (Å²) < 4.78 is 55.6. The van der Waals surface area contributed by atoms with Crippen LogP contribution in [0.25, 0.3) is 0 Å². The molecule has 43 heavy (non-hydrogen) atoms. The molecule has 5 N–H and O–H groups in total. The van der Waals surface area contributed by atoms with Crippen LogP contribution >= 0.6 is 0 Å². The first-order chi connectivity index (χ1) is 19.6. The van der Waals surface area contributed by atoms with Gasteiger partial charge < -0.3 is 25.6 Å². The first-order valence-corrected chi connectivity index (χ1v) is 14.9. The topological polar surface area (TPSA) is 181 Å². The number of hydrogen-bond acceptors (Lipinski definition) is 8. The zero-order valence-electron chi connectivity index (χ0n) is 24.8. The van der Waals surface area contributed by atoms with Crippen molar-refractivity contribution < 1.29 is 41.8 Å². The second kappa shape index (κ2) is 12.6. The van der Waals surface area contributed by atoms with E-state index in [-0.39, 0.29) is 55.2 Å². The van der Waals surface area contributed by atoms with Gasteiger partial charge in [-0.15, -0.1) is 0 Å². The number of amides is 3.